The fourth-order valence-corrected chi connectivity index (χ4v) is 1.56. The maximum atomic E-state index is 13.1. The third kappa shape index (κ3) is 1.77. The van der Waals surface area contributed by atoms with Crippen LogP contribution in [0.25, 0.3) is 0 Å². The van der Waals surface area contributed by atoms with Gasteiger partial charge in [-0.05, 0) is 11.6 Å². The number of hydrogen-bond donors (Lipinski definition) is 0. The predicted octanol–water partition coefficient (Wildman–Crippen LogP) is 4.45. The van der Waals surface area contributed by atoms with Crippen molar-refractivity contribution in [3.8, 4) is 0 Å². The molecule has 0 bridgehead atoms. The van der Waals surface area contributed by atoms with Crippen LogP contribution in [0.3, 0.4) is 0 Å². The van der Waals surface area contributed by atoms with Gasteiger partial charge in [-0.15, -0.1) is 0 Å². The number of halogens is 10. The molecular weight excluding hydrogens is 348 g/mol. The second-order valence-corrected chi connectivity index (χ2v) is 5.63. The zero-order chi connectivity index (χ0) is 13.2. The third-order valence-electron chi connectivity index (χ3n) is 1.74. The van der Waals surface area contributed by atoms with E-state index in [1.807, 2.05) is 0 Å². The summed E-state index contributed by atoms with van der Waals surface area (Å²) < 4.78 is 63.5. The van der Waals surface area contributed by atoms with Gasteiger partial charge in [0, 0.05) is 0 Å². The zero-order valence-electron chi connectivity index (χ0n) is 6.69. The molecule has 1 aliphatic rings. The van der Waals surface area contributed by atoms with E-state index in [-0.39, 0.29) is 0 Å². The van der Waals surface area contributed by atoms with Gasteiger partial charge < -0.3 is 0 Å². The second-order valence-electron chi connectivity index (χ2n) is 2.86. The molecule has 1 fully saturated rings. The van der Waals surface area contributed by atoms with Crippen molar-refractivity contribution >= 4 is 58.0 Å². The first-order valence-corrected chi connectivity index (χ1v) is 5.19. The molecule has 3 unspecified atom stereocenters. The van der Waals surface area contributed by atoms with E-state index >= 15 is 0 Å². The van der Waals surface area contributed by atoms with Crippen LogP contribution in [-0.4, -0.2) is 26.0 Å². The van der Waals surface area contributed by atoms with Gasteiger partial charge in [-0.25, -0.2) is 4.39 Å². The first-order chi connectivity index (χ1) is 6.71. The normalized spacial score (nSPS) is 41.6. The van der Waals surface area contributed by atoms with Crippen LogP contribution in [0.4, 0.5) is 22.0 Å². The molecule has 3 atom stereocenters. The van der Waals surface area contributed by atoms with Crippen molar-refractivity contribution < 1.29 is 26.7 Å². The quantitative estimate of drug-likeness (QED) is 0.541. The molecule has 1 saturated carbocycles. The van der Waals surface area contributed by atoms with Crippen LogP contribution in [0.1, 0.15) is 0 Å². The smallest absolute Gasteiger partial charge is 0.295 e. The van der Waals surface area contributed by atoms with Crippen LogP contribution in [-0.2, 0) is 4.74 Å². The average molecular weight is 348 g/mol. The monoisotopic (exact) mass is 346 g/mol. The lowest BCUT2D eigenvalue weighted by Crippen LogP contribution is -2.41. The van der Waals surface area contributed by atoms with Gasteiger partial charge in [0.25, 0.3) is 10.2 Å². The molecule has 0 aromatic heterocycles. The number of alkyl halides is 10. The minimum Gasteiger partial charge on any atom is -0.295 e. The maximum absolute atomic E-state index is 13.1. The molecule has 11 heteroatoms. The standard InChI is InChI=1S/C5Cl5F5O/c6-1(11)2(7,3(1,12)13)16-5(10,15)4(8,9)14. The van der Waals surface area contributed by atoms with E-state index in [2.05, 4.69) is 51.1 Å². The van der Waals surface area contributed by atoms with Crippen LogP contribution in [0.5, 0.6) is 0 Å². The van der Waals surface area contributed by atoms with E-state index < -0.39 is 26.0 Å². The highest BCUT2D eigenvalue weighted by Gasteiger charge is 2.98. The van der Waals surface area contributed by atoms with Crippen molar-refractivity contribution in [3.63, 3.8) is 0 Å². The molecule has 0 N–H and O–H groups in total. The highest BCUT2D eigenvalue weighted by Crippen LogP contribution is 2.73. The molecule has 0 radical (unpaired) electrons. The van der Waals surface area contributed by atoms with Crippen molar-refractivity contribution in [2.75, 3.05) is 0 Å². The van der Waals surface area contributed by atoms with Gasteiger partial charge >= 0.3 is 15.8 Å². The van der Waals surface area contributed by atoms with E-state index in [1.54, 1.807) is 0 Å². The first kappa shape index (κ1) is 15.1. The summed E-state index contributed by atoms with van der Waals surface area (Å²) in [4.78, 5) is 0. The molecule has 0 amide bonds. The fraction of sp³-hybridized carbons (Fsp3) is 1.00. The first-order valence-electron chi connectivity index (χ1n) is 3.30. The maximum Gasteiger partial charge on any atom is 0.352 e. The van der Waals surface area contributed by atoms with Crippen LogP contribution >= 0.6 is 58.0 Å². The van der Waals surface area contributed by atoms with E-state index in [1.165, 1.54) is 0 Å². The highest BCUT2D eigenvalue weighted by atomic mass is 35.5. The van der Waals surface area contributed by atoms with Gasteiger partial charge in [0.15, 0.2) is 0 Å². The Kier molecular flexibility index (Phi) is 3.35. The van der Waals surface area contributed by atoms with Gasteiger partial charge in [-0.1, -0.05) is 46.4 Å². The van der Waals surface area contributed by atoms with Gasteiger partial charge in [-0.3, -0.25) is 4.74 Å². The molecule has 0 spiro atoms. The fourth-order valence-electron chi connectivity index (χ4n) is 0.726. The van der Waals surface area contributed by atoms with Crippen molar-refractivity contribution in [2.24, 2.45) is 0 Å². The van der Waals surface area contributed by atoms with E-state index in [4.69, 9.17) is 11.6 Å². The molecular formula is C5Cl5F5O. The summed E-state index contributed by atoms with van der Waals surface area (Å²) >= 11 is 23.1. The summed E-state index contributed by atoms with van der Waals surface area (Å²) in [5.41, 5.74) is 0. The van der Waals surface area contributed by atoms with Gasteiger partial charge in [0.1, 0.15) is 0 Å². The van der Waals surface area contributed by atoms with E-state index in [9.17, 15) is 22.0 Å². The van der Waals surface area contributed by atoms with Gasteiger partial charge in [-0.2, -0.15) is 17.6 Å². The van der Waals surface area contributed by atoms with Crippen molar-refractivity contribution in [2.45, 2.75) is 26.0 Å². The Balaban J connectivity index is 2.94. The summed E-state index contributed by atoms with van der Waals surface area (Å²) in [6, 6.07) is 0. The molecule has 1 aliphatic carbocycles. The lowest BCUT2D eigenvalue weighted by Gasteiger charge is -2.26. The van der Waals surface area contributed by atoms with Crippen LogP contribution in [0.15, 0.2) is 0 Å². The number of ether oxygens (including phenoxy) is 1. The molecule has 0 aromatic rings. The molecule has 96 valence electrons. The molecule has 16 heavy (non-hydrogen) atoms. The van der Waals surface area contributed by atoms with Crippen LogP contribution in [0, 0.1) is 0 Å². The summed E-state index contributed by atoms with van der Waals surface area (Å²) in [5.74, 6) is -4.49. The summed E-state index contributed by atoms with van der Waals surface area (Å²) in [6.07, 6.45) is 0. The van der Waals surface area contributed by atoms with Crippen LogP contribution in [0.2, 0.25) is 0 Å². The van der Waals surface area contributed by atoms with E-state index in [0.29, 0.717) is 0 Å². The van der Waals surface area contributed by atoms with Gasteiger partial charge in [0.2, 0.25) is 0 Å². The van der Waals surface area contributed by atoms with Crippen molar-refractivity contribution in [1.82, 2.24) is 0 Å². The Morgan fingerprint density at radius 2 is 1.25 bits per heavy atom. The molecule has 0 heterocycles. The number of rotatable bonds is 3. The average Bonchev–Trinajstić information content (AvgIpc) is 2.25. The van der Waals surface area contributed by atoms with Crippen molar-refractivity contribution in [3.05, 3.63) is 0 Å². The second kappa shape index (κ2) is 3.54. The molecule has 1 rings (SSSR count). The predicted molar refractivity (Wildman–Crippen MR) is 49.5 cm³/mol. The van der Waals surface area contributed by atoms with Gasteiger partial charge in [0.05, 0.1) is 0 Å². The third-order valence-corrected chi connectivity index (χ3v) is 3.93. The summed E-state index contributed by atoms with van der Waals surface area (Å²) in [6.45, 7) is 0. The number of hydrogen-bond acceptors (Lipinski definition) is 1. The summed E-state index contributed by atoms with van der Waals surface area (Å²) in [7, 11) is 0. The molecule has 1 nitrogen and oxygen atoms in total. The Morgan fingerprint density at radius 1 is 0.938 bits per heavy atom. The summed E-state index contributed by atoms with van der Waals surface area (Å²) in [5, 5.41) is -11.9. The Hall–Kier alpha value is 1.06. The van der Waals surface area contributed by atoms with Crippen LogP contribution < -0.4 is 0 Å². The lowest BCUT2D eigenvalue weighted by molar-refractivity contribution is -0.161. The van der Waals surface area contributed by atoms with Crippen molar-refractivity contribution in [1.29, 1.82) is 0 Å². The minimum absolute atomic E-state index is 3.50. The SMILES string of the molecule is FC(Cl)(Cl)C(F)(Cl)OC1(Cl)C(F)(F)C1(F)Cl. The minimum atomic E-state index is -4.49. The lowest BCUT2D eigenvalue weighted by atomic mass is 10.6. The van der Waals surface area contributed by atoms with E-state index in [0.717, 1.165) is 0 Å². The Labute approximate surface area is 111 Å². The largest absolute Gasteiger partial charge is 0.352 e. The Morgan fingerprint density at radius 3 is 1.44 bits per heavy atom. The molecule has 0 aromatic carbocycles. The molecule has 0 aliphatic heterocycles. The topological polar surface area (TPSA) is 9.23 Å². The highest BCUT2D eigenvalue weighted by molar-refractivity contribution is 6.51. The Bertz CT molecular complexity index is 299. The zero-order valence-corrected chi connectivity index (χ0v) is 10.5. The molecule has 0 saturated heterocycles.